The van der Waals surface area contributed by atoms with E-state index < -0.39 is 0 Å². The lowest BCUT2D eigenvalue weighted by Crippen LogP contribution is -2.43. The SMILES string of the molecule is COCC(C)(N)Cc1cc(C)nn1C. The van der Waals surface area contributed by atoms with Crippen LogP contribution in [0.1, 0.15) is 18.3 Å². The highest BCUT2D eigenvalue weighted by Crippen LogP contribution is 2.11. The van der Waals surface area contributed by atoms with Crippen LogP contribution in [0, 0.1) is 6.92 Å². The van der Waals surface area contributed by atoms with Crippen LogP contribution in [0.3, 0.4) is 0 Å². The van der Waals surface area contributed by atoms with Crippen molar-refractivity contribution >= 4 is 0 Å². The van der Waals surface area contributed by atoms with Gasteiger partial charge in [0.2, 0.25) is 0 Å². The van der Waals surface area contributed by atoms with Gasteiger partial charge in [0.15, 0.2) is 0 Å². The molecule has 0 bridgehead atoms. The van der Waals surface area contributed by atoms with E-state index in [-0.39, 0.29) is 5.54 Å². The molecule has 0 aliphatic heterocycles. The maximum atomic E-state index is 6.07. The molecule has 1 rings (SSSR count). The van der Waals surface area contributed by atoms with Crippen molar-refractivity contribution in [2.45, 2.75) is 25.8 Å². The lowest BCUT2D eigenvalue weighted by Gasteiger charge is -2.23. The number of nitrogens with two attached hydrogens (primary N) is 1. The summed E-state index contributed by atoms with van der Waals surface area (Å²) in [6, 6.07) is 2.06. The number of aryl methyl sites for hydroxylation is 2. The Hall–Kier alpha value is -0.870. The highest BCUT2D eigenvalue weighted by Gasteiger charge is 2.20. The molecule has 1 heterocycles. The zero-order chi connectivity index (χ0) is 10.8. The minimum atomic E-state index is -0.324. The van der Waals surface area contributed by atoms with Gasteiger partial charge in [-0.25, -0.2) is 0 Å². The van der Waals surface area contributed by atoms with E-state index in [9.17, 15) is 0 Å². The summed E-state index contributed by atoms with van der Waals surface area (Å²) in [5, 5.41) is 4.28. The van der Waals surface area contributed by atoms with Crippen LogP contribution in [0.5, 0.6) is 0 Å². The normalized spacial score (nSPS) is 15.5. The molecule has 0 radical (unpaired) electrons. The molecule has 0 saturated carbocycles. The molecule has 4 heteroatoms. The molecule has 1 atom stereocenters. The quantitative estimate of drug-likeness (QED) is 0.770. The van der Waals surface area contributed by atoms with E-state index in [1.165, 1.54) is 0 Å². The Kier molecular flexibility index (Phi) is 3.29. The van der Waals surface area contributed by atoms with Gasteiger partial charge in [-0.1, -0.05) is 0 Å². The Morgan fingerprint density at radius 1 is 1.64 bits per heavy atom. The van der Waals surface area contributed by atoms with E-state index in [4.69, 9.17) is 10.5 Å². The van der Waals surface area contributed by atoms with Crippen molar-refractivity contribution in [2.75, 3.05) is 13.7 Å². The average molecular weight is 197 g/mol. The predicted octanol–water partition coefficient (Wildman–Crippen LogP) is 0.635. The number of aromatic nitrogens is 2. The minimum absolute atomic E-state index is 0.324. The molecule has 80 valence electrons. The van der Waals surface area contributed by atoms with Crippen molar-refractivity contribution in [3.8, 4) is 0 Å². The average Bonchev–Trinajstić information content (AvgIpc) is 2.28. The Bertz CT molecular complexity index is 304. The zero-order valence-electron chi connectivity index (χ0n) is 9.37. The summed E-state index contributed by atoms with van der Waals surface area (Å²) in [5.74, 6) is 0. The fraction of sp³-hybridized carbons (Fsp3) is 0.700. The maximum absolute atomic E-state index is 6.07. The molecule has 0 aliphatic rings. The van der Waals surface area contributed by atoms with E-state index in [1.54, 1.807) is 7.11 Å². The first-order valence-electron chi connectivity index (χ1n) is 4.72. The first-order chi connectivity index (χ1) is 6.44. The van der Waals surface area contributed by atoms with Crippen LogP contribution in [0.2, 0.25) is 0 Å². The number of ether oxygens (including phenoxy) is 1. The van der Waals surface area contributed by atoms with Crippen LogP contribution >= 0.6 is 0 Å². The second-order valence-electron chi connectivity index (χ2n) is 4.16. The largest absolute Gasteiger partial charge is 0.383 e. The van der Waals surface area contributed by atoms with Gasteiger partial charge in [0.1, 0.15) is 0 Å². The number of nitrogens with zero attached hydrogens (tertiary/aromatic N) is 2. The van der Waals surface area contributed by atoms with Crippen molar-refractivity contribution in [2.24, 2.45) is 12.8 Å². The zero-order valence-corrected chi connectivity index (χ0v) is 9.37. The molecule has 0 spiro atoms. The molecule has 2 N–H and O–H groups in total. The highest BCUT2D eigenvalue weighted by atomic mass is 16.5. The van der Waals surface area contributed by atoms with Crippen molar-refractivity contribution < 1.29 is 4.74 Å². The highest BCUT2D eigenvalue weighted by molar-refractivity contribution is 5.11. The van der Waals surface area contributed by atoms with Gasteiger partial charge in [0.25, 0.3) is 0 Å². The Morgan fingerprint density at radius 2 is 2.29 bits per heavy atom. The molecule has 0 fully saturated rings. The Balaban J connectivity index is 2.72. The van der Waals surface area contributed by atoms with Gasteiger partial charge >= 0.3 is 0 Å². The van der Waals surface area contributed by atoms with E-state index in [0.717, 1.165) is 17.8 Å². The van der Waals surface area contributed by atoms with E-state index in [0.29, 0.717) is 6.61 Å². The van der Waals surface area contributed by atoms with Crippen LogP contribution in [0.4, 0.5) is 0 Å². The third-order valence-corrected chi connectivity index (χ3v) is 2.16. The Morgan fingerprint density at radius 3 is 2.71 bits per heavy atom. The summed E-state index contributed by atoms with van der Waals surface area (Å²) in [5.41, 5.74) is 7.91. The van der Waals surface area contributed by atoms with Crippen molar-refractivity contribution in [3.63, 3.8) is 0 Å². The molecular formula is C10H19N3O. The molecule has 1 aromatic rings. The molecule has 1 unspecified atom stereocenters. The van der Waals surface area contributed by atoms with Crippen molar-refractivity contribution in [1.29, 1.82) is 0 Å². The van der Waals surface area contributed by atoms with Crippen LogP contribution in [-0.2, 0) is 18.2 Å². The second kappa shape index (κ2) is 4.11. The Labute approximate surface area is 85.0 Å². The molecule has 0 amide bonds. The lowest BCUT2D eigenvalue weighted by atomic mass is 9.98. The summed E-state index contributed by atoms with van der Waals surface area (Å²) in [6.45, 7) is 4.52. The first-order valence-corrected chi connectivity index (χ1v) is 4.72. The van der Waals surface area contributed by atoms with Gasteiger partial charge in [0.05, 0.1) is 12.3 Å². The lowest BCUT2D eigenvalue weighted by molar-refractivity contribution is 0.140. The van der Waals surface area contributed by atoms with Gasteiger partial charge in [0, 0.05) is 31.8 Å². The smallest absolute Gasteiger partial charge is 0.0643 e. The molecule has 0 aliphatic carbocycles. The van der Waals surface area contributed by atoms with Gasteiger partial charge in [-0.2, -0.15) is 5.10 Å². The minimum Gasteiger partial charge on any atom is -0.383 e. The number of hydrogen-bond donors (Lipinski definition) is 1. The van der Waals surface area contributed by atoms with Crippen molar-refractivity contribution in [1.82, 2.24) is 9.78 Å². The first kappa shape index (κ1) is 11.2. The third-order valence-electron chi connectivity index (χ3n) is 2.16. The number of methoxy groups -OCH3 is 1. The fourth-order valence-corrected chi connectivity index (χ4v) is 1.62. The molecular weight excluding hydrogens is 178 g/mol. The van der Waals surface area contributed by atoms with Crippen molar-refractivity contribution in [3.05, 3.63) is 17.5 Å². The summed E-state index contributed by atoms with van der Waals surface area (Å²) in [6.07, 6.45) is 0.776. The third kappa shape index (κ3) is 2.82. The second-order valence-corrected chi connectivity index (χ2v) is 4.16. The van der Waals surface area contributed by atoms with Crippen LogP contribution in [-0.4, -0.2) is 29.0 Å². The summed E-state index contributed by atoms with van der Waals surface area (Å²) < 4.78 is 6.94. The standard InChI is InChI=1S/C10H19N3O/c1-8-5-9(13(3)12-8)6-10(2,11)7-14-4/h5H,6-7,11H2,1-4H3. The maximum Gasteiger partial charge on any atom is 0.0643 e. The van der Waals surface area contributed by atoms with Gasteiger partial charge < -0.3 is 10.5 Å². The van der Waals surface area contributed by atoms with Crippen LogP contribution < -0.4 is 5.73 Å². The number of rotatable bonds is 4. The molecule has 0 saturated heterocycles. The van der Waals surface area contributed by atoms with E-state index >= 15 is 0 Å². The molecule has 0 aromatic carbocycles. The topological polar surface area (TPSA) is 53.1 Å². The van der Waals surface area contributed by atoms with E-state index in [2.05, 4.69) is 11.2 Å². The fourth-order valence-electron chi connectivity index (χ4n) is 1.62. The molecule has 4 nitrogen and oxygen atoms in total. The monoisotopic (exact) mass is 197 g/mol. The van der Waals surface area contributed by atoms with Crippen LogP contribution in [0.25, 0.3) is 0 Å². The molecule has 1 aromatic heterocycles. The summed E-state index contributed by atoms with van der Waals surface area (Å²) in [4.78, 5) is 0. The predicted molar refractivity (Wildman–Crippen MR) is 56.1 cm³/mol. The summed E-state index contributed by atoms with van der Waals surface area (Å²) in [7, 11) is 3.60. The van der Waals surface area contributed by atoms with Gasteiger partial charge in [-0.15, -0.1) is 0 Å². The number of hydrogen-bond acceptors (Lipinski definition) is 3. The molecule has 14 heavy (non-hydrogen) atoms. The van der Waals surface area contributed by atoms with E-state index in [1.807, 2.05) is 25.6 Å². The summed E-state index contributed by atoms with van der Waals surface area (Å²) >= 11 is 0. The van der Waals surface area contributed by atoms with Gasteiger partial charge in [-0.05, 0) is 19.9 Å². The van der Waals surface area contributed by atoms with Crippen LogP contribution in [0.15, 0.2) is 6.07 Å². The van der Waals surface area contributed by atoms with Gasteiger partial charge in [-0.3, -0.25) is 4.68 Å².